The number of hydrogen-bond donors (Lipinski definition) is 2. The Morgan fingerprint density at radius 2 is 2.25 bits per heavy atom. The van der Waals surface area contributed by atoms with Crippen molar-refractivity contribution in [3.05, 3.63) is 50.7 Å². The fraction of sp³-hybridized carbons (Fsp3) is 0.375. The molecule has 130 valence electrons. The molecule has 1 aliphatic heterocycles. The summed E-state index contributed by atoms with van der Waals surface area (Å²) in [5.74, 6) is -1.02. The van der Waals surface area contributed by atoms with Crippen LogP contribution in [0.4, 0.5) is 0 Å². The van der Waals surface area contributed by atoms with Gasteiger partial charge in [-0.2, -0.15) is 0 Å². The molecule has 3 rings (SSSR count). The van der Waals surface area contributed by atoms with Crippen LogP contribution in [-0.4, -0.2) is 28.1 Å². The number of hydrogen-bond acceptors (Lipinski definition) is 5. The SMILES string of the molecule is CCOP(=O)(O)C(c1cc(Cl)ccc1O)N1CCc2sccc2C1. The van der Waals surface area contributed by atoms with Gasteiger partial charge in [-0.25, -0.2) is 0 Å². The molecule has 0 amide bonds. The number of nitrogens with zero attached hydrogens (tertiary/aromatic N) is 1. The van der Waals surface area contributed by atoms with Gasteiger partial charge in [0.25, 0.3) is 0 Å². The lowest BCUT2D eigenvalue weighted by atomic mass is 10.1. The van der Waals surface area contributed by atoms with Crippen LogP contribution in [0.25, 0.3) is 0 Å². The molecule has 0 bridgehead atoms. The molecule has 5 nitrogen and oxygen atoms in total. The van der Waals surface area contributed by atoms with Crippen LogP contribution >= 0.6 is 30.5 Å². The molecular formula is C16H19ClNO4PS. The molecule has 2 unspecified atom stereocenters. The van der Waals surface area contributed by atoms with E-state index in [1.165, 1.54) is 17.0 Å². The zero-order valence-corrected chi connectivity index (χ0v) is 15.7. The normalized spacial score (nSPS) is 18.8. The van der Waals surface area contributed by atoms with Crippen LogP contribution in [0.15, 0.2) is 29.6 Å². The van der Waals surface area contributed by atoms with Crippen molar-refractivity contribution in [3.8, 4) is 5.75 Å². The van der Waals surface area contributed by atoms with E-state index < -0.39 is 13.4 Å². The first kappa shape index (κ1) is 17.9. The van der Waals surface area contributed by atoms with Crippen LogP contribution < -0.4 is 0 Å². The van der Waals surface area contributed by atoms with E-state index in [2.05, 4.69) is 0 Å². The lowest BCUT2D eigenvalue weighted by molar-refractivity contribution is 0.177. The van der Waals surface area contributed by atoms with Gasteiger partial charge in [0, 0.05) is 28.6 Å². The lowest BCUT2D eigenvalue weighted by Crippen LogP contribution is -2.34. The number of thiophene rings is 1. The van der Waals surface area contributed by atoms with Gasteiger partial charge in [-0.3, -0.25) is 9.46 Å². The zero-order valence-electron chi connectivity index (χ0n) is 13.2. The van der Waals surface area contributed by atoms with Crippen molar-refractivity contribution in [1.29, 1.82) is 0 Å². The van der Waals surface area contributed by atoms with E-state index in [0.29, 0.717) is 23.7 Å². The molecule has 0 radical (unpaired) electrons. The number of halogens is 1. The van der Waals surface area contributed by atoms with Gasteiger partial charge < -0.3 is 14.5 Å². The number of phenols is 1. The maximum atomic E-state index is 12.9. The Labute approximate surface area is 150 Å². The van der Waals surface area contributed by atoms with Crippen molar-refractivity contribution in [2.75, 3.05) is 13.2 Å². The second-order valence-corrected chi connectivity index (χ2v) is 8.96. The molecule has 2 atom stereocenters. The minimum atomic E-state index is -4.02. The Bertz CT molecular complexity index is 781. The van der Waals surface area contributed by atoms with Gasteiger partial charge in [-0.05, 0) is 48.6 Å². The second kappa shape index (κ2) is 7.16. The quantitative estimate of drug-likeness (QED) is 0.745. The van der Waals surface area contributed by atoms with E-state index in [1.54, 1.807) is 24.3 Å². The van der Waals surface area contributed by atoms with Crippen LogP contribution in [0.5, 0.6) is 5.75 Å². The standard InChI is InChI=1S/C16H19ClNO4PS/c1-2-22-23(20,21)16(13-9-12(17)3-4-14(13)19)18-7-5-15-11(10-18)6-8-24-15/h3-4,6,8-9,16,19H,2,5,7,10H2,1H3,(H,20,21). The molecule has 2 heterocycles. The number of phenolic OH excluding ortho intramolecular Hbond substituents is 1. The molecule has 2 aromatic rings. The number of rotatable bonds is 5. The van der Waals surface area contributed by atoms with E-state index in [9.17, 15) is 14.6 Å². The summed E-state index contributed by atoms with van der Waals surface area (Å²) in [4.78, 5) is 13.7. The van der Waals surface area contributed by atoms with E-state index in [4.69, 9.17) is 16.1 Å². The van der Waals surface area contributed by atoms with Crippen molar-refractivity contribution in [3.63, 3.8) is 0 Å². The van der Waals surface area contributed by atoms with Crippen LogP contribution in [0.3, 0.4) is 0 Å². The highest BCUT2D eigenvalue weighted by Crippen LogP contribution is 2.60. The summed E-state index contributed by atoms with van der Waals surface area (Å²) >= 11 is 7.75. The van der Waals surface area contributed by atoms with Crippen LogP contribution in [0.1, 0.15) is 28.7 Å². The van der Waals surface area contributed by atoms with Crippen LogP contribution in [-0.2, 0) is 22.1 Å². The average Bonchev–Trinajstić information content (AvgIpc) is 2.98. The highest BCUT2D eigenvalue weighted by molar-refractivity contribution is 7.53. The first-order valence-electron chi connectivity index (χ1n) is 7.67. The molecule has 8 heteroatoms. The number of benzene rings is 1. The number of fused-ring (bicyclic) bond motifs is 1. The third-order valence-corrected chi connectivity index (χ3v) is 7.18. The molecule has 24 heavy (non-hydrogen) atoms. The van der Waals surface area contributed by atoms with E-state index in [0.717, 1.165) is 12.0 Å². The summed E-state index contributed by atoms with van der Waals surface area (Å²) in [7, 11) is -4.02. The van der Waals surface area contributed by atoms with E-state index in [-0.39, 0.29) is 12.4 Å². The van der Waals surface area contributed by atoms with Gasteiger partial charge in [-0.15, -0.1) is 11.3 Å². The minimum absolute atomic E-state index is 0.0607. The predicted octanol–water partition coefficient (Wildman–Crippen LogP) is 4.39. The smallest absolute Gasteiger partial charge is 0.349 e. The maximum Gasteiger partial charge on any atom is 0.349 e. The summed E-state index contributed by atoms with van der Waals surface area (Å²) in [6.07, 6.45) is 0.803. The van der Waals surface area contributed by atoms with Crippen molar-refractivity contribution >= 4 is 30.5 Å². The fourth-order valence-electron chi connectivity index (χ4n) is 3.05. The summed E-state index contributed by atoms with van der Waals surface area (Å²) in [5.41, 5.74) is 1.47. The molecule has 0 fully saturated rings. The van der Waals surface area contributed by atoms with Gasteiger partial charge in [0.15, 0.2) is 0 Å². The van der Waals surface area contributed by atoms with E-state index in [1.807, 2.05) is 16.3 Å². The van der Waals surface area contributed by atoms with Crippen LogP contribution in [0.2, 0.25) is 5.02 Å². The second-order valence-electron chi connectivity index (χ2n) is 5.65. The molecule has 2 N–H and O–H groups in total. The van der Waals surface area contributed by atoms with E-state index >= 15 is 0 Å². The Morgan fingerprint density at radius 1 is 1.46 bits per heavy atom. The monoisotopic (exact) mass is 387 g/mol. The Morgan fingerprint density at radius 3 is 3.00 bits per heavy atom. The Kier molecular flexibility index (Phi) is 5.35. The third-order valence-electron chi connectivity index (χ3n) is 4.07. The van der Waals surface area contributed by atoms with Crippen molar-refractivity contribution in [1.82, 2.24) is 4.90 Å². The average molecular weight is 388 g/mol. The minimum Gasteiger partial charge on any atom is -0.508 e. The maximum absolute atomic E-state index is 12.9. The summed E-state index contributed by atoms with van der Waals surface area (Å²) < 4.78 is 18.0. The third kappa shape index (κ3) is 3.54. The van der Waals surface area contributed by atoms with Gasteiger partial charge in [0.2, 0.25) is 0 Å². The predicted molar refractivity (Wildman–Crippen MR) is 95.7 cm³/mol. The van der Waals surface area contributed by atoms with Gasteiger partial charge >= 0.3 is 7.60 Å². The zero-order chi connectivity index (χ0) is 17.3. The van der Waals surface area contributed by atoms with Crippen LogP contribution in [0, 0.1) is 0 Å². The molecule has 1 aromatic heterocycles. The Balaban J connectivity index is 2.03. The lowest BCUT2D eigenvalue weighted by Gasteiger charge is -2.36. The van der Waals surface area contributed by atoms with Crippen molar-refractivity contribution in [2.24, 2.45) is 0 Å². The topological polar surface area (TPSA) is 70.0 Å². The molecule has 0 saturated heterocycles. The molecule has 1 aliphatic rings. The fourth-order valence-corrected chi connectivity index (χ4v) is 5.80. The Hall–Kier alpha value is -0.880. The van der Waals surface area contributed by atoms with Gasteiger partial charge in [-0.1, -0.05) is 11.6 Å². The first-order valence-corrected chi connectivity index (χ1v) is 10.6. The molecule has 1 aromatic carbocycles. The first-order chi connectivity index (χ1) is 11.4. The molecule has 0 saturated carbocycles. The molecular weight excluding hydrogens is 369 g/mol. The van der Waals surface area contributed by atoms with Gasteiger partial charge in [0.1, 0.15) is 11.5 Å². The summed E-state index contributed by atoms with van der Waals surface area (Å²) in [6, 6.07) is 6.56. The molecule has 0 aliphatic carbocycles. The summed E-state index contributed by atoms with van der Waals surface area (Å²) in [6.45, 7) is 2.93. The highest BCUT2D eigenvalue weighted by Gasteiger charge is 2.41. The van der Waals surface area contributed by atoms with Gasteiger partial charge in [0.05, 0.1) is 6.61 Å². The molecule has 0 spiro atoms. The largest absolute Gasteiger partial charge is 0.508 e. The van der Waals surface area contributed by atoms with Crippen molar-refractivity contribution in [2.45, 2.75) is 25.7 Å². The summed E-state index contributed by atoms with van der Waals surface area (Å²) in [5, 5.41) is 12.7. The highest BCUT2D eigenvalue weighted by atomic mass is 35.5. The number of aromatic hydroxyl groups is 1. The van der Waals surface area contributed by atoms with Crippen molar-refractivity contribution < 1.29 is 19.1 Å².